The summed E-state index contributed by atoms with van der Waals surface area (Å²) in [6.45, 7) is 0.0989. The van der Waals surface area contributed by atoms with Crippen LogP contribution in [0.15, 0.2) is 48.5 Å². The normalized spacial score (nSPS) is 10.1. The molecule has 2 rings (SSSR count). The minimum absolute atomic E-state index is 0.0874. The summed E-state index contributed by atoms with van der Waals surface area (Å²) in [5, 5.41) is 3.10. The molecule has 0 aliphatic carbocycles. The molecule has 0 aliphatic rings. The third-order valence-electron chi connectivity index (χ3n) is 2.92. The van der Waals surface area contributed by atoms with E-state index in [1.165, 1.54) is 0 Å². The molecule has 0 radical (unpaired) electrons. The molecule has 0 aromatic heterocycles. The number of rotatable bonds is 7. The molecular formula is C17H15ClINO4. The summed E-state index contributed by atoms with van der Waals surface area (Å²) in [7, 11) is 0. The third kappa shape index (κ3) is 6.01. The molecule has 5 nitrogen and oxygen atoms in total. The molecule has 1 amide bonds. The lowest BCUT2D eigenvalue weighted by Crippen LogP contribution is -2.31. The van der Waals surface area contributed by atoms with E-state index in [1.807, 2.05) is 12.1 Å². The van der Waals surface area contributed by atoms with Gasteiger partial charge in [-0.25, -0.2) is 0 Å². The molecule has 126 valence electrons. The Hall–Kier alpha value is -1.80. The van der Waals surface area contributed by atoms with Gasteiger partial charge in [-0.2, -0.15) is 0 Å². The van der Waals surface area contributed by atoms with Gasteiger partial charge in [-0.3, -0.25) is 9.59 Å². The highest BCUT2D eigenvalue weighted by molar-refractivity contribution is 14.1. The molecule has 7 heteroatoms. The van der Waals surface area contributed by atoms with Crippen LogP contribution in [0.2, 0.25) is 5.02 Å². The molecule has 0 saturated carbocycles. The fraction of sp³-hybridized carbons (Fsp3) is 0.176. The zero-order valence-electron chi connectivity index (χ0n) is 12.6. The largest absolute Gasteiger partial charge is 0.490 e. The van der Waals surface area contributed by atoms with Crippen molar-refractivity contribution in [3.63, 3.8) is 0 Å². The molecule has 2 aromatic carbocycles. The first kappa shape index (κ1) is 18.5. The topological polar surface area (TPSA) is 64.6 Å². The van der Waals surface area contributed by atoms with Gasteiger partial charge >= 0.3 is 5.97 Å². The summed E-state index contributed by atoms with van der Waals surface area (Å²) >= 11 is 7.90. The Morgan fingerprint density at radius 3 is 2.62 bits per heavy atom. The van der Waals surface area contributed by atoms with E-state index >= 15 is 0 Å². The first-order chi connectivity index (χ1) is 11.6. The zero-order chi connectivity index (χ0) is 17.4. The molecular weight excluding hydrogens is 445 g/mol. The van der Waals surface area contributed by atoms with Crippen LogP contribution in [0.1, 0.15) is 10.4 Å². The summed E-state index contributed by atoms with van der Waals surface area (Å²) in [5.74, 6) is -0.235. The lowest BCUT2D eigenvalue weighted by molar-refractivity contribution is -0.143. The Labute approximate surface area is 158 Å². The fourth-order valence-corrected chi connectivity index (χ4v) is 2.63. The number of benzene rings is 2. The van der Waals surface area contributed by atoms with Crippen molar-refractivity contribution in [3.8, 4) is 5.75 Å². The third-order valence-corrected chi connectivity index (χ3v) is 4.10. The number of esters is 1. The van der Waals surface area contributed by atoms with Crippen molar-refractivity contribution in [2.75, 3.05) is 19.8 Å². The van der Waals surface area contributed by atoms with Crippen LogP contribution in [0.4, 0.5) is 0 Å². The number of ether oxygens (including phenoxy) is 2. The summed E-state index contributed by atoms with van der Waals surface area (Å²) in [6.07, 6.45) is 0. The van der Waals surface area contributed by atoms with Crippen molar-refractivity contribution >= 4 is 46.1 Å². The number of hydrogen-bond acceptors (Lipinski definition) is 4. The van der Waals surface area contributed by atoms with Crippen LogP contribution in [0, 0.1) is 3.57 Å². The summed E-state index contributed by atoms with van der Waals surface area (Å²) < 4.78 is 11.2. The van der Waals surface area contributed by atoms with Gasteiger partial charge in [0, 0.05) is 8.59 Å². The van der Waals surface area contributed by atoms with Crippen LogP contribution < -0.4 is 10.1 Å². The average Bonchev–Trinajstić information content (AvgIpc) is 2.57. The molecule has 0 bridgehead atoms. The number of carbonyl (C=O) groups is 2. The van der Waals surface area contributed by atoms with E-state index in [1.54, 1.807) is 36.4 Å². The van der Waals surface area contributed by atoms with E-state index in [0.717, 1.165) is 3.57 Å². The van der Waals surface area contributed by atoms with Gasteiger partial charge < -0.3 is 14.8 Å². The molecule has 1 N–H and O–H groups in total. The van der Waals surface area contributed by atoms with E-state index in [2.05, 4.69) is 27.9 Å². The number of nitrogens with one attached hydrogen (secondary N) is 1. The Bertz CT molecular complexity index is 723. The van der Waals surface area contributed by atoms with Crippen LogP contribution in [-0.2, 0) is 9.53 Å². The monoisotopic (exact) mass is 459 g/mol. The van der Waals surface area contributed by atoms with Crippen molar-refractivity contribution in [1.82, 2.24) is 5.32 Å². The molecule has 0 atom stereocenters. The zero-order valence-corrected chi connectivity index (χ0v) is 15.5. The predicted molar refractivity (Wildman–Crippen MR) is 99.4 cm³/mol. The number of halogens is 2. The first-order valence-electron chi connectivity index (χ1n) is 7.13. The second-order valence-corrected chi connectivity index (χ2v) is 6.29. The van der Waals surface area contributed by atoms with Gasteiger partial charge in [0.15, 0.2) is 0 Å². The van der Waals surface area contributed by atoms with Gasteiger partial charge in [0.25, 0.3) is 5.91 Å². The quantitative estimate of drug-likeness (QED) is 0.392. The molecule has 0 spiro atoms. The summed E-state index contributed by atoms with van der Waals surface area (Å²) in [4.78, 5) is 23.6. The van der Waals surface area contributed by atoms with Gasteiger partial charge in [-0.05, 0) is 52.9 Å². The number of carbonyl (C=O) groups excluding carboxylic acids is 2. The lowest BCUT2D eigenvalue weighted by atomic mass is 10.2. The minimum Gasteiger partial charge on any atom is -0.490 e. The molecule has 0 unspecified atom stereocenters. The van der Waals surface area contributed by atoms with Crippen molar-refractivity contribution in [3.05, 3.63) is 62.7 Å². The number of hydrogen-bond donors (Lipinski definition) is 1. The van der Waals surface area contributed by atoms with E-state index in [9.17, 15) is 9.59 Å². The Kier molecular flexibility index (Phi) is 7.33. The maximum Gasteiger partial charge on any atom is 0.325 e. The summed E-state index contributed by atoms with van der Waals surface area (Å²) in [5.41, 5.74) is 0.523. The van der Waals surface area contributed by atoms with Crippen LogP contribution in [0.25, 0.3) is 0 Å². The minimum atomic E-state index is -0.524. The van der Waals surface area contributed by atoms with Crippen molar-refractivity contribution in [2.24, 2.45) is 0 Å². The number of amides is 1. The smallest absolute Gasteiger partial charge is 0.325 e. The Morgan fingerprint density at radius 2 is 1.88 bits per heavy atom. The van der Waals surface area contributed by atoms with Gasteiger partial charge in [0.2, 0.25) is 0 Å². The maximum absolute atomic E-state index is 12.0. The van der Waals surface area contributed by atoms with Gasteiger partial charge in [0.05, 0.1) is 5.56 Å². The van der Waals surface area contributed by atoms with E-state index in [-0.39, 0.29) is 25.7 Å². The first-order valence-corrected chi connectivity index (χ1v) is 8.58. The molecule has 24 heavy (non-hydrogen) atoms. The SMILES string of the molecule is O=C(CNC(=O)c1ccccc1I)OCCOc1cccc(Cl)c1. The van der Waals surface area contributed by atoms with Crippen LogP contribution >= 0.6 is 34.2 Å². The molecule has 0 saturated heterocycles. The van der Waals surface area contributed by atoms with Crippen LogP contribution in [-0.4, -0.2) is 31.6 Å². The van der Waals surface area contributed by atoms with Gasteiger partial charge in [-0.15, -0.1) is 0 Å². The average molecular weight is 460 g/mol. The molecule has 0 fully saturated rings. The lowest BCUT2D eigenvalue weighted by Gasteiger charge is -2.09. The fourth-order valence-electron chi connectivity index (χ4n) is 1.82. The standard InChI is InChI=1S/C17H15ClINO4/c18-12-4-3-5-13(10-12)23-8-9-24-16(21)11-20-17(22)14-6-1-2-7-15(14)19/h1-7,10H,8-9,11H2,(H,20,22). The Balaban J connectivity index is 1.66. The highest BCUT2D eigenvalue weighted by Crippen LogP contribution is 2.16. The van der Waals surface area contributed by atoms with Gasteiger partial charge in [0.1, 0.15) is 25.5 Å². The predicted octanol–water partition coefficient (Wildman–Crippen LogP) is 3.30. The van der Waals surface area contributed by atoms with Gasteiger partial charge in [-0.1, -0.05) is 29.8 Å². The second-order valence-electron chi connectivity index (χ2n) is 4.69. The Morgan fingerprint density at radius 1 is 1.08 bits per heavy atom. The summed E-state index contributed by atoms with van der Waals surface area (Å²) in [6, 6.07) is 14.1. The molecule has 0 heterocycles. The van der Waals surface area contributed by atoms with E-state index in [4.69, 9.17) is 21.1 Å². The van der Waals surface area contributed by atoms with Crippen LogP contribution in [0.3, 0.4) is 0 Å². The maximum atomic E-state index is 12.0. The van der Waals surface area contributed by atoms with E-state index in [0.29, 0.717) is 16.3 Å². The molecule has 0 aliphatic heterocycles. The second kappa shape index (κ2) is 9.48. The van der Waals surface area contributed by atoms with E-state index < -0.39 is 5.97 Å². The van der Waals surface area contributed by atoms with Crippen molar-refractivity contribution in [1.29, 1.82) is 0 Å². The van der Waals surface area contributed by atoms with Crippen molar-refractivity contribution < 1.29 is 19.1 Å². The molecule has 2 aromatic rings. The van der Waals surface area contributed by atoms with Crippen molar-refractivity contribution in [2.45, 2.75) is 0 Å². The highest BCUT2D eigenvalue weighted by atomic mass is 127. The van der Waals surface area contributed by atoms with Crippen LogP contribution in [0.5, 0.6) is 5.75 Å². The highest BCUT2D eigenvalue weighted by Gasteiger charge is 2.11.